The molecular formula is C19H20N4O. The van der Waals surface area contributed by atoms with Gasteiger partial charge in [0.2, 0.25) is 0 Å². The number of anilines is 1. The van der Waals surface area contributed by atoms with Crippen molar-refractivity contribution in [1.29, 1.82) is 0 Å². The Labute approximate surface area is 141 Å². The van der Waals surface area contributed by atoms with Gasteiger partial charge in [0, 0.05) is 34.9 Å². The number of nitrogens with zero attached hydrogens (tertiary/aromatic N) is 4. The van der Waals surface area contributed by atoms with Gasteiger partial charge in [-0.25, -0.2) is 0 Å². The van der Waals surface area contributed by atoms with E-state index in [4.69, 9.17) is 5.53 Å². The molecule has 0 aliphatic carbocycles. The van der Waals surface area contributed by atoms with Crippen LogP contribution in [0.5, 0.6) is 0 Å². The largest absolute Gasteiger partial charge is 0.372 e. The maximum atomic E-state index is 12.2. The zero-order valence-electron chi connectivity index (χ0n) is 13.9. The Morgan fingerprint density at radius 2 is 1.88 bits per heavy atom. The Kier molecular flexibility index (Phi) is 6.17. The van der Waals surface area contributed by atoms with Gasteiger partial charge in [-0.15, -0.1) is 0 Å². The highest BCUT2D eigenvalue weighted by Crippen LogP contribution is 2.17. The quantitative estimate of drug-likeness (QED) is 0.226. The Balaban J connectivity index is 2.11. The van der Waals surface area contributed by atoms with Crippen LogP contribution in [0.15, 0.2) is 59.7 Å². The molecule has 0 aromatic heterocycles. The summed E-state index contributed by atoms with van der Waals surface area (Å²) in [5.41, 5.74) is 11.5. The first-order valence-corrected chi connectivity index (χ1v) is 7.90. The molecule has 0 aliphatic rings. The van der Waals surface area contributed by atoms with Crippen LogP contribution >= 0.6 is 0 Å². The highest BCUT2D eigenvalue weighted by atomic mass is 16.1. The minimum Gasteiger partial charge on any atom is -0.372 e. The van der Waals surface area contributed by atoms with Crippen LogP contribution in [-0.4, -0.2) is 18.9 Å². The predicted octanol–water partition coefficient (Wildman–Crippen LogP) is 5.37. The molecule has 0 amide bonds. The van der Waals surface area contributed by atoms with Gasteiger partial charge in [0.1, 0.15) is 0 Å². The second-order valence-electron chi connectivity index (χ2n) is 5.20. The first kappa shape index (κ1) is 17.3. The second-order valence-corrected chi connectivity index (χ2v) is 5.20. The van der Waals surface area contributed by atoms with Gasteiger partial charge in [0.25, 0.3) is 0 Å². The van der Waals surface area contributed by atoms with Crippen LogP contribution in [0.2, 0.25) is 0 Å². The zero-order valence-corrected chi connectivity index (χ0v) is 13.9. The van der Waals surface area contributed by atoms with E-state index in [1.165, 1.54) is 11.8 Å². The molecule has 0 radical (unpaired) electrons. The molecule has 0 N–H and O–H groups in total. The summed E-state index contributed by atoms with van der Waals surface area (Å²) in [6, 6.07) is 14.7. The van der Waals surface area contributed by atoms with E-state index in [0.717, 1.165) is 18.7 Å². The molecule has 0 saturated carbocycles. The Hall–Kier alpha value is -3.04. The minimum atomic E-state index is -0.127. The summed E-state index contributed by atoms with van der Waals surface area (Å²) in [5, 5.41) is 3.51. The van der Waals surface area contributed by atoms with E-state index in [1.807, 2.05) is 12.1 Å². The molecule has 0 atom stereocenters. The number of hydrogen-bond acceptors (Lipinski definition) is 3. The third kappa shape index (κ3) is 4.48. The van der Waals surface area contributed by atoms with Gasteiger partial charge in [-0.2, -0.15) is 0 Å². The fourth-order valence-electron chi connectivity index (χ4n) is 2.43. The van der Waals surface area contributed by atoms with E-state index >= 15 is 0 Å². The molecule has 0 saturated heterocycles. The number of hydrogen-bond donors (Lipinski definition) is 0. The third-order valence-electron chi connectivity index (χ3n) is 3.74. The summed E-state index contributed by atoms with van der Waals surface area (Å²) in [7, 11) is 0. The number of rotatable bonds is 7. The normalized spacial score (nSPS) is 10.4. The van der Waals surface area contributed by atoms with Gasteiger partial charge in [-0.3, -0.25) is 4.79 Å². The molecule has 0 spiro atoms. The van der Waals surface area contributed by atoms with Crippen molar-refractivity contribution >= 4 is 23.2 Å². The maximum Gasteiger partial charge on any atom is 0.185 e. The highest BCUT2D eigenvalue weighted by Gasteiger charge is 2.03. The van der Waals surface area contributed by atoms with Crippen LogP contribution in [0.3, 0.4) is 0 Å². The first-order valence-electron chi connectivity index (χ1n) is 7.90. The van der Waals surface area contributed by atoms with Crippen LogP contribution in [0, 0.1) is 0 Å². The van der Waals surface area contributed by atoms with Crippen molar-refractivity contribution in [3.05, 3.63) is 76.2 Å². The van der Waals surface area contributed by atoms with Crippen LogP contribution in [0.1, 0.15) is 29.8 Å². The lowest BCUT2D eigenvalue weighted by Crippen LogP contribution is -2.21. The second kappa shape index (κ2) is 8.56. The maximum absolute atomic E-state index is 12.2. The van der Waals surface area contributed by atoms with E-state index in [1.54, 1.807) is 30.3 Å². The van der Waals surface area contributed by atoms with Crippen molar-refractivity contribution in [1.82, 2.24) is 0 Å². The van der Waals surface area contributed by atoms with E-state index in [-0.39, 0.29) is 5.78 Å². The fourth-order valence-corrected chi connectivity index (χ4v) is 2.43. The topological polar surface area (TPSA) is 69.1 Å². The Bertz CT molecular complexity index is 770. The van der Waals surface area contributed by atoms with E-state index < -0.39 is 0 Å². The number of ketones is 1. The Morgan fingerprint density at radius 3 is 2.50 bits per heavy atom. The average molecular weight is 320 g/mol. The van der Waals surface area contributed by atoms with E-state index in [2.05, 4.69) is 40.9 Å². The molecule has 5 nitrogen and oxygen atoms in total. The number of azide groups is 1. The van der Waals surface area contributed by atoms with Gasteiger partial charge >= 0.3 is 0 Å². The van der Waals surface area contributed by atoms with Crippen LogP contribution in [-0.2, 0) is 0 Å². The van der Waals surface area contributed by atoms with E-state index in [9.17, 15) is 4.79 Å². The molecule has 2 aromatic carbocycles. The smallest absolute Gasteiger partial charge is 0.185 e. The standard InChI is InChI=1S/C19H20N4O/c1-3-23(4-2)18-11-8-15(9-12-18)10-13-19(24)16-6-5-7-17(14-16)21-22-20/h5-14H,3-4H2,1-2H3/b13-10+. The molecular weight excluding hydrogens is 300 g/mol. The number of allylic oxidation sites excluding steroid dienone is 1. The summed E-state index contributed by atoms with van der Waals surface area (Å²) in [6.45, 7) is 6.18. The molecule has 0 unspecified atom stereocenters. The summed E-state index contributed by atoms with van der Waals surface area (Å²) in [5.74, 6) is -0.127. The van der Waals surface area contributed by atoms with Crippen molar-refractivity contribution < 1.29 is 4.79 Å². The zero-order chi connectivity index (χ0) is 17.4. The molecule has 5 heteroatoms. The molecule has 2 aromatic rings. The molecule has 0 heterocycles. The summed E-state index contributed by atoms with van der Waals surface area (Å²) >= 11 is 0. The number of carbonyl (C=O) groups is 1. The lowest BCUT2D eigenvalue weighted by Gasteiger charge is -2.20. The summed E-state index contributed by atoms with van der Waals surface area (Å²) < 4.78 is 0. The van der Waals surface area contributed by atoms with Crippen molar-refractivity contribution in [3.8, 4) is 0 Å². The first-order chi connectivity index (χ1) is 11.7. The van der Waals surface area contributed by atoms with Crippen molar-refractivity contribution in [2.45, 2.75) is 13.8 Å². The van der Waals surface area contributed by atoms with Gasteiger partial charge in [0.15, 0.2) is 5.78 Å². The summed E-state index contributed by atoms with van der Waals surface area (Å²) in [6.07, 6.45) is 3.32. The number of benzene rings is 2. The molecule has 122 valence electrons. The minimum absolute atomic E-state index is 0.127. The van der Waals surface area contributed by atoms with Crippen molar-refractivity contribution in [3.63, 3.8) is 0 Å². The van der Waals surface area contributed by atoms with Gasteiger partial charge in [-0.05, 0) is 49.2 Å². The molecule has 2 rings (SSSR count). The monoisotopic (exact) mass is 320 g/mol. The molecule has 24 heavy (non-hydrogen) atoms. The Morgan fingerprint density at radius 1 is 1.17 bits per heavy atom. The van der Waals surface area contributed by atoms with Crippen LogP contribution in [0.25, 0.3) is 16.5 Å². The molecule has 0 fully saturated rings. The van der Waals surface area contributed by atoms with Gasteiger partial charge in [0.05, 0.1) is 0 Å². The van der Waals surface area contributed by atoms with Crippen molar-refractivity contribution in [2.75, 3.05) is 18.0 Å². The lowest BCUT2D eigenvalue weighted by molar-refractivity contribution is 0.104. The highest BCUT2D eigenvalue weighted by molar-refractivity contribution is 6.07. The average Bonchev–Trinajstić information content (AvgIpc) is 2.62. The van der Waals surface area contributed by atoms with Crippen LogP contribution < -0.4 is 4.90 Å². The molecule has 0 aliphatic heterocycles. The van der Waals surface area contributed by atoms with Gasteiger partial charge < -0.3 is 4.90 Å². The number of carbonyl (C=O) groups excluding carboxylic acids is 1. The molecule has 0 bridgehead atoms. The van der Waals surface area contributed by atoms with Gasteiger partial charge in [-0.1, -0.05) is 41.5 Å². The predicted molar refractivity (Wildman–Crippen MR) is 98.6 cm³/mol. The SMILES string of the molecule is CCN(CC)c1ccc(/C=C/C(=O)c2cccc(N=[N+]=[N-])c2)cc1. The summed E-state index contributed by atoms with van der Waals surface area (Å²) in [4.78, 5) is 17.2. The fraction of sp³-hybridized carbons (Fsp3) is 0.211. The van der Waals surface area contributed by atoms with Crippen molar-refractivity contribution in [2.24, 2.45) is 5.11 Å². The third-order valence-corrected chi connectivity index (χ3v) is 3.74. The van der Waals surface area contributed by atoms with Crippen LogP contribution in [0.4, 0.5) is 11.4 Å². The lowest BCUT2D eigenvalue weighted by atomic mass is 10.1. The van der Waals surface area contributed by atoms with E-state index in [0.29, 0.717) is 11.3 Å².